The smallest absolute Gasteiger partial charge is 0.453 e. The minimum atomic E-state index is -5.14. The number of ether oxygens (including phenoxy) is 2. The van der Waals surface area contributed by atoms with E-state index in [2.05, 4.69) is 35.6 Å². The molecule has 4 aromatic rings. The van der Waals surface area contributed by atoms with Crippen molar-refractivity contribution in [1.82, 2.24) is 35.4 Å². The number of halogens is 4. The van der Waals surface area contributed by atoms with Crippen LogP contribution < -0.4 is 25.6 Å². The van der Waals surface area contributed by atoms with Crippen molar-refractivity contribution in [2.24, 2.45) is 11.8 Å². The number of hydrogen-bond acceptors (Lipinski definition) is 9. The summed E-state index contributed by atoms with van der Waals surface area (Å²) in [6.45, 7) is 10.9. The van der Waals surface area contributed by atoms with Crippen molar-refractivity contribution in [3.63, 3.8) is 0 Å². The van der Waals surface area contributed by atoms with Gasteiger partial charge in [0.2, 0.25) is 5.91 Å². The summed E-state index contributed by atoms with van der Waals surface area (Å²) in [5.74, 6) is -1.83. The van der Waals surface area contributed by atoms with Crippen LogP contribution in [0.5, 0.6) is 5.75 Å². The van der Waals surface area contributed by atoms with Gasteiger partial charge in [0.25, 0.3) is 5.91 Å². The lowest BCUT2D eigenvalue weighted by Gasteiger charge is -2.44. The van der Waals surface area contributed by atoms with Crippen molar-refractivity contribution in [2.45, 2.75) is 71.6 Å². The Hall–Kier alpha value is -6.40. The van der Waals surface area contributed by atoms with Crippen LogP contribution in [0.25, 0.3) is 22.4 Å². The lowest BCUT2D eigenvalue weighted by atomic mass is 10.0. The number of methoxy groups -OCH3 is 1. The number of carbonyl (C=O) groups excluding carboxylic acids is 4. The highest BCUT2D eigenvalue weighted by Crippen LogP contribution is 2.39. The number of piperazine rings is 1. The highest BCUT2D eigenvalue weighted by Gasteiger charge is 2.40. The second kappa shape index (κ2) is 18.1. The van der Waals surface area contributed by atoms with Crippen LogP contribution in [0, 0.1) is 17.7 Å². The van der Waals surface area contributed by atoms with Crippen molar-refractivity contribution in [2.75, 3.05) is 44.0 Å². The van der Waals surface area contributed by atoms with Crippen LogP contribution in [0.4, 0.5) is 38.7 Å². The molecule has 0 unspecified atom stereocenters. The van der Waals surface area contributed by atoms with Crippen LogP contribution in [-0.2, 0) is 9.53 Å². The van der Waals surface area contributed by atoms with E-state index >= 15 is 4.39 Å². The van der Waals surface area contributed by atoms with Crippen molar-refractivity contribution >= 4 is 35.4 Å². The first-order valence-electron chi connectivity index (χ1n) is 19.8. The number of H-pyrrole nitrogens is 1. The number of alkyl halides is 3. The maximum Gasteiger partial charge on any atom is 0.573 e. The van der Waals surface area contributed by atoms with Crippen LogP contribution in [0.15, 0.2) is 60.9 Å². The van der Waals surface area contributed by atoms with E-state index in [0.717, 1.165) is 12.1 Å². The molecule has 0 saturated carbocycles. The van der Waals surface area contributed by atoms with Crippen molar-refractivity contribution in [1.29, 1.82) is 0 Å². The van der Waals surface area contributed by atoms with Gasteiger partial charge in [-0.15, -0.1) is 13.2 Å². The van der Waals surface area contributed by atoms with Gasteiger partial charge in [0.1, 0.15) is 29.3 Å². The Morgan fingerprint density at radius 1 is 0.902 bits per heavy atom. The normalized spacial score (nSPS) is 19.7. The predicted molar refractivity (Wildman–Crippen MR) is 218 cm³/mol. The number of anilines is 2. The van der Waals surface area contributed by atoms with E-state index in [-0.39, 0.29) is 52.5 Å². The summed E-state index contributed by atoms with van der Waals surface area (Å²) >= 11 is 0. The van der Waals surface area contributed by atoms with Gasteiger partial charge in [-0.2, -0.15) is 0 Å². The van der Waals surface area contributed by atoms with Gasteiger partial charge >= 0.3 is 18.5 Å². The van der Waals surface area contributed by atoms with E-state index in [1.165, 1.54) is 31.5 Å². The number of nitrogens with zero attached hydrogens (tertiary/aromatic N) is 5. The second-order valence-electron chi connectivity index (χ2n) is 15.8. The molecule has 15 nitrogen and oxygen atoms in total. The number of carbonyl (C=O) groups is 4. The summed E-state index contributed by atoms with van der Waals surface area (Å²) in [4.78, 5) is 68.8. The first-order valence-corrected chi connectivity index (χ1v) is 19.8. The van der Waals surface area contributed by atoms with Gasteiger partial charge in [-0.25, -0.2) is 23.9 Å². The maximum atomic E-state index is 15.6. The fourth-order valence-electron chi connectivity index (χ4n) is 7.75. The number of pyridine rings is 1. The number of likely N-dealkylation sites (tertiary alicyclic amines) is 1. The molecule has 2 aliphatic rings. The minimum Gasteiger partial charge on any atom is -0.453 e. The summed E-state index contributed by atoms with van der Waals surface area (Å²) in [5.41, 5.74) is 0.637. The van der Waals surface area contributed by atoms with Gasteiger partial charge in [-0.05, 0) is 61.4 Å². The monoisotopic (exact) mass is 851 g/mol. The van der Waals surface area contributed by atoms with Gasteiger partial charge in [-0.3, -0.25) is 9.59 Å². The molecule has 2 aromatic carbocycles. The van der Waals surface area contributed by atoms with Crippen LogP contribution >= 0.6 is 0 Å². The molecule has 5 amide bonds. The number of benzene rings is 2. The number of rotatable bonds is 10. The quantitative estimate of drug-likeness (QED) is 0.123. The molecule has 0 spiro atoms. The standard InChI is InChI=1S/C42H49F4N9O6/c1-22(2)36(52-41(59)60-7)39(57)55-19-23(3)14-33(55)37-49-18-32(50-37)27-10-8-26(9-11-27)29-15-30(43)31(16-34(29)61-42(44,45)46)51-38(56)28-12-13-35(48-17-28)53-20-25(5)54(21-24(53)4)40(58)47-6/h8-13,15-18,22-25,33,36H,14,19-21H2,1-7H3,(H,47,58)(H,49,50)(H,51,56)(H,52,59)/t23-,24+,25-,33-,36-/m0/s1. The Labute approximate surface area is 350 Å². The summed E-state index contributed by atoms with van der Waals surface area (Å²) in [6, 6.07) is 9.33. The Morgan fingerprint density at radius 2 is 1.61 bits per heavy atom. The minimum absolute atomic E-state index is 0.0323. The van der Waals surface area contributed by atoms with Gasteiger partial charge in [0.05, 0.1) is 36.3 Å². The molecular formula is C42H49F4N9O6. The zero-order chi connectivity index (χ0) is 44.3. The number of nitrogens with one attached hydrogen (secondary N) is 4. The van der Waals surface area contributed by atoms with Crippen molar-refractivity contribution in [3.05, 3.63) is 78.1 Å². The topological polar surface area (TPSA) is 174 Å². The predicted octanol–water partition coefficient (Wildman–Crippen LogP) is 6.96. The number of amides is 5. The Balaban J connectivity index is 1.18. The third kappa shape index (κ3) is 9.98. The molecule has 6 rings (SSSR count). The third-order valence-corrected chi connectivity index (χ3v) is 10.9. The number of hydrogen-bond donors (Lipinski definition) is 4. The number of aromatic nitrogens is 3. The molecule has 5 atom stereocenters. The molecule has 0 bridgehead atoms. The maximum absolute atomic E-state index is 15.6. The number of aromatic amines is 1. The van der Waals surface area contributed by atoms with Gasteiger partial charge < -0.3 is 45.1 Å². The third-order valence-electron chi connectivity index (χ3n) is 10.9. The van der Waals surface area contributed by atoms with Gasteiger partial charge in [-0.1, -0.05) is 45.0 Å². The van der Waals surface area contributed by atoms with Crippen LogP contribution in [0.1, 0.15) is 63.3 Å². The number of urea groups is 1. The Kier molecular flexibility index (Phi) is 13.1. The molecule has 0 radical (unpaired) electrons. The first kappa shape index (κ1) is 44.2. The zero-order valence-corrected chi connectivity index (χ0v) is 34.8. The van der Waals surface area contributed by atoms with E-state index in [9.17, 15) is 32.3 Å². The fraction of sp³-hybridized carbons (Fsp3) is 0.429. The van der Waals surface area contributed by atoms with E-state index in [1.807, 2.05) is 39.5 Å². The van der Waals surface area contributed by atoms with Crippen molar-refractivity contribution in [3.8, 4) is 28.1 Å². The van der Waals surface area contributed by atoms with Gasteiger partial charge in [0.15, 0.2) is 0 Å². The highest BCUT2D eigenvalue weighted by atomic mass is 19.4. The van der Waals surface area contributed by atoms with E-state index < -0.39 is 47.7 Å². The lowest BCUT2D eigenvalue weighted by molar-refractivity contribution is -0.274. The number of imidazole rings is 1. The van der Waals surface area contributed by atoms with E-state index in [1.54, 1.807) is 41.2 Å². The second-order valence-corrected chi connectivity index (χ2v) is 15.8. The average molecular weight is 852 g/mol. The molecule has 19 heteroatoms. The fourth-order valence-corrected chi connectivity index (χ4v) is 7.75. The molecule has 0 aliphatic carbocycles. The van der Waals surface area contributed by atoms with Crippen LogP contribution in [0.2, 0.25) is 0 Å². The zero-order valence-electron chi connectivity index (χ0n) is 34.8. The summed E-state index contributed by atoms with van der Waals surface area (Å²) in [5, 5.41) is 7.60. The molecular weight excluding hydrogens is 803 g/mol. The SMILES string of the molecule is CNC(=O)N1C[C@@H](C)N(c2ccc(C(=O)Nc3cc(OC(F)(F)F)c(-c4ccc(-c5cnc([C@@H]6C[C@H](C)CN6C(=O)[C@@H](NC(=O)OC)C(C)C)[nH]5)cc4)cc3F)cn2)C[C@@H]1C. The summed E-state index contributed by atoms with van der Waals surface area (Å²) in [7, 11) is 2.79. The van der Waals surface area contributed by atoms with E-state index in [4.69, 9.17) is 4.74 Å². The Morgan fingerprint density at radius 3 is 2.23 bits per heavy atom. The highest BCUT2D eigenvalue weighted by molar-refractivity contribution is 6.04. The molecule has 2 aliphatic heterocycles. The van der Waals surface area contributed by atoms with Crippen LogP contribution in [-0.4, -0.2) is 107 Å². The largest absolute Gasteiger partial charge is 0.573 e. The molecule has 2 saturated heterocycles. The summed E-state index contributed by atoms with van der Waals surface area (Å²) in [6.07, 6.45) is -2.37. The average Bonchev–Trinajstić information content (AvgIpc) is 3.87. The van der Waals surface area contributed by atoms with Crippen LogP contribution in [0.3, 0.4) is 0 Å². The van der Waals surface area contributed by atoms with Gasteiger partial charge in [0, 0.05) is 56.6 Å². The Bertz CT molecular complexity index is 2230. The summed E-state index contributed by atoms with van der Waals surface area (Å²) < 4.78 is 65.8. The molecule has 2 aromatic heterocycles. The molecule has 4 heterocycles. The lowest BCUT2D eigenvalue weighted by Crippen LogP contribution is -2.60. The number of alkyl carbamates (subject to hydrolysis) is 1. The van der Waals surface area contributed by atoms with Crippen molar-refractivity contribution < 1.29 is 46.2 Å². The molecule has 2 fully saturated rings. The van der Waals surface area contributed by atoms with E-state index in [0.29, 0.717) is 49.0 Å². The molecule has 326 valence electrons. The molecule has 61 heavy (non-hydrogen) atoms. The molecule has 4 N–H and O–H groups in total. The first-order chi connectivity index (χ1) is 28.9.